The van der Waals surface area contributed by atoms with Crippen LogP contribution in [-0.4, -0.2) is 41.9 Å². The van der Waals surface area contributed by atoms with E-state index in [4.69, 9.17) is 4.74 Å². The lowest BCUT2D eigenvalue weighted by Crippen LogP contribution is -2.41. The zero-order valence-corrected chi connectivity index (χ0v) is 17.2. The molecule has 2 rings (SSSR count). The summed E-state index contributed by atoms with van der Waals surface area (Å²) in [7, 11) is 1.48. The van der Waals surface area contributed by atoms with Crippen LogP contribution in [0.5, 0.6) is 5.75 Å². The van der Waals surface area contributed by atoms with Crippen molar-refractivity contribution in [3.8, 4) is 5.75 Å². The number of carbonyl (C=O) groups is 1. The monoisotopic (exact) mass is 473 g/mol. The Morgan fingerprint density at radius 2 is 2.28 bits per heavy atom. The minimum atomic E-state index is -0.630. The van der Waals surface area contributed by atoms with E-state index < -0.39 is 5.44 Å². The van der Waals surface area contributed by atoms with Gasteiger partial charge in [-0.3, -0.25) is 9.78 Å². The Hall–Kier alpha value is -1.55. The lowest BCUT2D eigenvalue weighted by Gasteiger charge is -2.19. The van der Waals surface area contributed by atoms with Gasteiger partial charge < -0.3 is 14.9 Å². The van der Waals surface area contributed by atoms with Gasteiger partial charge in [0.2, 0.25) is 5.44 Å². The highest BCUT2D eigenvalue weighted by molar-refractivity contribution is 14.1. The second-order valence-electron chi connectivity index (χ2n) is 5.31. The highest BCUT2D eigenvalue weighted by Gasteiger charge is 2.20. The molecule has 0 spiro atoms. The number of benzene rings is 1. The van der Waals surface area contributed by atoms with Crippen LogP contribution in [0.25, 0.3) is 10.9 Å². The number of thioether (sulfide) groups is 1. The summed E-state index contributed by atoms with van der Waals surface area (Å²) in [5, 5.41) is 7.56. The normalized spacial score (nSPS) is 13.6. The fourth-order valence-electron chi connectivity index (χ4n) is 2.13. The zero-order valence-electron chi connectivity index (χ0n) is 14.2. The van der Waals surface area contributed by atoms with Crippen LogP contribution in [0.2, 0.25) is 0 Å². The standard InChI is InChI=1S/C17H20IN3O3S/c1-11(6-7-20-23-2)21-16(22)17(25-3)24-14-4-5-15-12(9-14)8-13(18)10-19-15/h4-5,7-11,17H,6H2,1-3H3,(H,21,22). The van der Waals surface area contributed by atoms with Crippen molar-refractivity contribution in [2.75, 3.05) is 13.4 Å². The molecular weight excluding hydrogens is 453 g/mol. The van der Waals surface area contributed by atoms with Gasteiger partial charge in [-0.25, -0.2) is 0 Å². The van der Waals surface area contributed by atoms with Gasteiger partial charge in [0.15, 0.2) is 0 Å². The molecule has 0 saturated carbocycles. The van der Waals surface area contributed by atoms with Crippen LogP contribution in [0.3, 0.4) is 0 Å². The average Bonchev–Trinajstić information content (AvgIpc) is 2.59. The number of pyridine rings is 1. The Labute approximate surface area is 164 Å². The Balaban J connectivity index is 2.03. The number of ether oxygens (including phenoxy) is 1. The molecule has 1 aromatic heterocycles. The summed E-state index contributed by atoms with van der Waals surface area (Å²) in [6.07, 6.45) is 5.86. The van der Waals surface area contributed by atoms with Gasteiger partial charge >= 0.3 is 0 Å². The maximum atomic E-state index is 12.4. The van der Waals surface area contributed by atoms with Gasteiger partial charge in [0.25, 0.3) is 5.91 Å². The fourth-order valence-corrected chi connectivity index (χ4v) is 3.10. The van der Waals surface area contributed by atoms with Crippen LogP contribution in [0.1, 0.15) is 13.3 Å². The molecule has 0 fully saturated rings. The highest BCUT2D eigenvalue weighted by atomic mass is 127. The Morgan fingerprint density at radius 3 is 3.00 bits per heavy atom. The first-order valence-electron chi connectivity index (χ1n) is 7.63. The molecule has 1 aromatic carbocycles. The van der Waals surface area contributed by atoms with E-state index in [9.17, 15) is 4.79 Å². The van der Waals surface area contributed by atoms with Gasteiger partial charge in [-0.15, -0.1) is 11.8 Å². The van der Waals surface area contributed by atoms with E-state index in [2.05, 4.69) is 42.9 Å². The van der Waals surface area contributed by atoms with Crippen molar-refractivity contribution in [3.05, 3.63) is 34.0 Å². The number of rotatable bonds is 8. The molecule has 0 aliphatic rings. The predicted octanol–water partition coefficient (Wildman–Crippen LogP) is 3.43. The van der Waals surface area contributed by atoms with Crippen molar-refractivity contribution in [2.45, 2.75) is 24.8 Å². The predicted molar refractivity (Wildman–Crippen MR) is 110 cm³/mol. The van der Waals surface area contributed by atoms with E-state index in [0.717, 1.165) is 14.5 Å². The summed E-state index contributed by atoms with van der Waals surface area (Å²) < 4.78 is 6.91. The van der Waals surface area contributed by atoms with Crippen LogP contribution in [0.15, 0.2) is 35.6 Å². The summed E-state index contributed by atoms with van der Waals surface area (Å²) in [6, 6.07) is 7.58. The molecule has 8 heteroatoms. The van der Waals surface area contributed by atoms with Crippen molar-refractivity contribution in [2.24, 2.45) is 5.16 Å². The number of halogens is 1. The summed E-state index contributed by atoms with van der Waals surface area (Å²) in [5.74, 6) is 0.464. The zero-order chi connectivity index (χ0) is 18.2. The summed E-state index contributed by atoms with van der Waals surface area (Å²) >= 11 is 3.56. The third-order valence-corrected chi connectivity index (χ3v) is 4.65. The van der Waals surface area contributed by atoms with E-state index >= 15 is 0 Å². The SMILES string of the molecule is CON=CCC(C)NC(=O)C(Oc1ccc2ncc(I)cc2c1)SC. The molecule has 2 unspecified atom stereocenters. The molecule has 0 radical (unpaired) electrons. The molecule has 1 heterocycles. The van der Waals surface area contributed by atoms with Crippen molar-refractivity contribution in [1.29, 1.82) is 0 Å². The number of hydrogen-bond donors (Lipinski definition) is 1. The van der Waals surface area contributed by atoms with E-state index in [-0.39, 0.29) is 11.9 Å². The van der Waals surface area contributed by atoms with E-state index in [1.165, 1.54) is 18.9 Å². The molecule has 2 atom stereocenters. The number of oxime groups is 1. The number of nitrogens with zero attached hydrogens (tertiary/aromatic N) is 2. The first-order chi connectivity index (χ1) is 12.0. The summed E-state index contributed by atoms with van der Waals surface area (Å²) in [6.45, 7) is 1.90. The lowest BCUT2D eigenvalue weighted by atomic mass is 10.2. The van der Waals surface area contributed by atoms with Crippen LogP contribution in [-0.2, 0) is 9.63 Å². The second-order valence-corrected chi connectivity index (χ2v) is 7.45. The van der Waals surface area contributed by atoms with Crippen LogP contribution in [0, 0.1) is 3.57 Å². The van der Waals surface area contributed by atoms with Crippen molar-refractivity contribution < 1.29 is 14.4 Å². The summed E-state index contributed by atoms with van der Waals surface area (Å²) in [4.78, 5) is 21.4. The van der Waals surface area contributed by atoms with Crippen LogP contribution in [0.4, 0.5) is 0 Å². The first-order valence-corrected chi connectivity index (χ1v) is 10.00. The van der Waals surface area contributed by atoms with Gasteiger partial charge in [0, 0.05) is 33.8 Å². The van der Waals surface area contributed by atoms with E-state index in [0.29, 0.717) is 12.2 Å². The molecule has 134 valence electrons. The quantitative estimate of drug-likeness (QED) is 0.275. The smallest absolute Gasteiger partial charge is 0.271 e. The highest BCUT2D eigenvalue weighted by Crippen LogP contribution is 2.23. The number of amides is 1. The minimum Gasteiger partial charge on any atom is -0.470 e. The number of fused-ring (bicyclic) bond motifs is 1. The Morgan fingerprint density at radius 1 is 1.48 bits per heavy atom. The number of aromatic nitrogens is 1. The van der Waals surface area contributed by atoms with Gasteiger partial charge in [-0.1, -0.05) is 5.16 Å². The first kappa shape index (κ1) is 19.8. The average molecular weight is 473 g/mol. The molecule has 6 nitrogen and oxygen atoms in total. The van der Waals surface area contributed by atoms with Crippen molar-refractivity contribution >= 4 is 57.4 Å². The molecule has 1 amide bonds. The van der Waals surface area contributed by atoms with Crippen LogP contribution >= 0.6 is 34.4 Å². The number of hydrogen-bond acceptors (Lipinski definition) is 6. The number of nitrogens with one attached hydrogen (secondary N) is 1. The molecule has 25 heavy (non-hydrogen) atoms. The lowest BCUT2D eigenvalue weighted by molar-refractivity contribution is -0.125. The van der Waals surface area contributed by atoms with Gasteiger partial charge in [0.05, 0.1) is 5.52 Å². The van der Waals surface area contributed by atoms with E-state index in [1.807, 2.05) is 43.6 Å². The minimum absolute atomic E-state index is 0.0629. The molecular formula is C17H20IN3O3S. The van der Waals surface area contributed by atoms with Crippen LogP contribution < -0.4 is 10.1 Å². The number of carbonyl (C=O) groups excluding carboxylic acids is 1. The van der Waals surface area contributed by atoms with Gasteiger partial charge in [-0.05, 0) is 60.0 Å². The largest absolute Gasteiger partial charge is 0.470 e. The molecule has 0 aliphatic carbocycles. The topological polar surface area (TPSA) is 72.8 Å². The Kier molecular flexibility index (Phi) is 7.76. The summed E-state index contributed by atoms with van der Waals surface area (Å²) in [5.41, 5.74) is 0.263. The van der Waals surface area contributed by atoms with Crippen molar-refractivity contribution in [3.63, 3.8) is 0 Å². The molecule has 0 aliphatic heterocycles. The van der Waals surface area contributed by atoms with Gasteiger partial charge in [0.1, 0.15) is 12.9 Å². The Bertz CT molecular complexity index is 757. The van der Waals surface area contributed by atoms with Gasteiger partial charge in [-0.2, -0.15) is 0 Å². The molecule has 0 saturated heterocycles. The second kappa shape index (κ2) is 9.81. The molecule has 0 bridgehead atoms. The maximum absolute atomic E-state index is 12.4. The molecule has 2 aromatic rings. The molecule has 1 N–H and O–H groups in total. The third-order valence-electron chi connectivity index (χ3n) is 3.32. The van der Waals surface area contributed by atoms with E-state index in [1.54, 1.807) is 6.21 Å². The third kappa shape index (κ3) is 6.03. The fraction of sp³-hybridized carbons (Fsp3) is 0.353. The van der Waals surface area contributed by atoms with Crippen molar-refractivity contribution in [1.82, 2.24) is 10.3 Å². The maximum Gasteiger partial charge on any atom is 0.271 e.